The summed E-state index contributed by atoms with van der Waals surface area (Å²) >= 11 is 0. The number of aliphatic hydroxyl groups is 2. The number of nitrogens with zero attached hydrogens (tertiary/aromatic N) is 3. The highest BCUT2D eigenvalue weighted by Gasteiger charge is 2.44. The average Bonchev–Trinajstić information content (AvgIpc) is 2.68. The molecular formula is C10H14N4O6. The standard InChI is InChI=1S/C10H14N4O6/c1-12-20-18-4-5-7(15)8(16)9(19-5)14-3-2-6(11)13-10(14)17/h2-3,5,7-9,15-16H,1,4H2,(H2,11,13,17)/t5-,7-,8-,9-/m1/s1. The minimum absolute atomic E-state index is 0.0459. The maximum Gasteiger partial charge on any atom is 0.351 e. The van der Waals surface area contributed by atoms with E-state index in [1.54, 1.807) is 0 Å². The molecule has 0 aliphatic carbocycles. The molecule has 0 amide bonds. The number of hydrogen-bond donors (Lipinski definition) is 3. The van der Waals surface area contributed by atoms with E-state index in [0.717, 1.165) is 4.57 Å². The van der Waals surface area contributed by atoms with E-state index in [9.17, 15) is 15.0 Å². The second-order valence-electron chi connectivity index (χ2n) is 4.08. The summed E-state index contributed by atoms with van der Waals surface area (Å²) in [5, 5.41) is 22.7. The van der Waals surface area contributed by atoms with Gasteiger partial charge in [-0.3, -0.25) is 4.57 Å². The van der Waals surface area contributed by atoms with Gasteiger partial charge in [0.15, 0.2) is 6.23 Å². The molecule has 0 spiro atoms. The third-order valence-electron chi connectivity index (χ3n) is 2.80. The van der Waals surface area contributed by atoms with E-state index in [2.05, 4.69) is 26.7 Å². The van der Waals surface area contributed by atoms with Gasteiger partial charge >= 0.3 is 5.69 Å². The zero-order valence-corrected chi connectivity index (χ0v) is 10.3. The van der Waals surface area contributed by atoms with Crippen molar-refractivity contribution in [2.75, 3.05) is 12.3 Å². The molecular weight excluding hydrogens is 272 g/mol. The van der Waals surface area contributed by atoms with Crippen LogP contribution in [-0.2, 0) is 14.6 Å². The van der Waals surface area contributed by atoms with Gasteiger partial charge in [-0.2, -0.15) is 9.87 Å². The molecule has 1 fully saturated rings. The number of aliphatic hydroxyl groups excluding tert-OH is 2. The molecule has 0 saturated carbocycles. The van der Waals surface area contributed by atoms with Gasteiger partial charge in [0.05, 0.1) is 0 Å². The highest BCUT2D eigenvalue weighted by molar-refractivity contribution is 5.23. The minimum atomic E-state index is -1.33. The molecule has 4 N–H and O–H groups in total. The molecule has 10 heteroatoms. The first-order valence-electron chi connectivity index (χ1n) is 5.65. The summed E-state index contributed by atoms with van der Waals surface area (Å²) in [5.41, 5.74) is 4.66. The van der Waals surface area contributed by atoms with Gasteiger partial charge in [-0.1, -0.05) is 5.16 Å². The molecule has 0 bridgehead atoms. The molecule has 1 aliphatic heterocycles. The SMILES string of the molecule is C=NOOC[C@H]1O[C@@H](n2ccc(N)nc2=O)[C@H](O)[C@@H]1O. The minimum Gasteiger partial charge on any atom is -0.387 e. The Bertz CT molecular complexity index is 535. The van der Waals surface area contributed by atoms with E-state index in [1.807, 2.05) is 0 Å². The van der Waals surface area contributed by atoms with Crippen molar-refractivity contribution in [3.05, 3.63) is 22.7 Å². The first kappa shape index (κ1) is 14.4. The first-order chi connectivity index (χ1) is 9.54. The summed E-state index contributed by atoms with van der Waals surface area (Å²) in [6.07, 6.45) is -3.28. The van der Waals surface area contributed by atoms with Gasteiger partial charge in [-0.05, 0) is 6.07 Å². The molecule has 10 nitrogen and oxygen atoms in total. The fraction of sp³-hybridized carbons (Fsp3) is 0.500. The van der Waals surface area contributed by atoms with Crippen LogP contribution in [0.3, 0.4) is 0 Å². The van der Waals surface area contributed by atoms with Gasteiger partial charge in [-0.25, -0.2) is 9.78 Å². The van der Waals surface area contributed by atoms with Crippen molar-refractivity contribution in [2.45, 2.75) is 24.5 Å². The van der Waals surface area contributed by atoms with Crippen molar-refractivity contribution in [3.63, 3.8) is 0 Å². The van der Waals surface area contributed by atoms with Crippen LogP contribution in [0.1, 0.15) is 6.23 Å². The van der Waals surface area contributed by atoms with Gasteiger partial charge in [-0.15, -0.1) is 0 Å². The van der Waals surface area contributed by atoms with Crippen LogP contribution >= 0.6 is 0 Å². The molecule has 1 aromatic rings. The molecule has 0 aromatic carbocycles. The third-order valence-corrected chi connectivity index (χ3v) is 2.80. The highest BCUT2D eigenvalue weighted by atomic mass is 17.3. The molecule has 20 heavy (non-hydrogen) atoms. The Morgan fingerprint density at radius 1 is 1.55 bits per heavy atom. The van der Waals surface area contributed by atoms with Crippen molar-refractivity contribution < 1.29 is 24.8 Å². The number of nitrogens with two attached hydrogens (primary N) is 1. The quantitative estimate of drug-likeness (QED) is 0.244. The van der Waals surface area contributed by atoms with Gasteiger partial charge in [0, 0.05) is 12.9 Å². The van der Waals surface area contributed by atoms with Crippen molar-refractivity contribution in [2.24, 2.45) is 5.16 Å². The number of nitrogen functional groups attached to an aromatic ring is 1. The number of hydrogen-bond acceptors (Lipinski definition) is 9. The maximum absolute atomic E-state index is 11.7. The lowest BCUT2D eigenvalue weighted by Gasteiger charge is -2.16. The monoisotopic (exact) mass is 286 g/mol. The van der Waals surface area contributed by atoms with Gasteiger partial charge < -0.3 is 20.7 Å². The lowest BCUT2D eigenvalue weighted by Crippen LogP contribution is -2.36. The van der Waals surface area contributed by atoms with Crippen LogP contribution in [0, 0.1) is 0 Å². The maximum atomic E-state index is 11.7. The Kier molecular flexibility index (Phi) is 4.29. The molecule has 0 radical (unpaired) electrons. The molecule has 1 aromatic heterocycles. The van der Waals surface area contributed by atoms with E-state index in [1.165, 1.54) is 12.3 Å². The number of anilines is 1. The number of ether oxygens (including phenoxy) is 1. The molecule has 4 atom stereocenters. The number of rotatable bonds is 5. The molecule has 2 heterocycles. The van der Waals surface area contributed by atoms with Crippen LogP contribution in [0.25, 0.3) is 0 Å². The van der Waals surface area contributed by atoms with Crippen molar-refractivity contribution in [1.29, 1.82) is 0 Å². The van der Waals surface area contributed by atoms with E-state index < -0.39 is 30.2 Å². The average molecular weight is 286 g/mol. The van der Waals surface area contributed by atoms with E-state index in [0.29, 0.717) is 0 Å². The van der Waals surface area contributed by atoms with E-state index in [-0.39, 0.29) is 12.4 Å². The van der Waals surface area contributed by atoms with Crippen LogP contribution in [0.4, 0.5) is 5.82 Å². The van der Waals surface area contributed by atoms with Gasteiger partial charge in [0.25, 0.3) is 0 Å². The second kappa shape index (κ2) is 5.96. The summed E-state index contributed by atoms with van der Waals surface area (Å²) in [6.45, 7) is 2.82. The molecule has 110 valence electrons. The Labute approximate surface area is 112 Å². The molecule has 0 unspecified atom stereocenters. The van der Waals surface area contributed by atoms with Crippen molar-refractivity contribution >= 4 is 12.5 Å². The van der Waals surface area contributed by atoms with Gasteiger partial charge in [0.1, 0.15) is 30.7 Å². The zero-order valence-electron chi connectivity index (χ0n) is 10.3. The Morgan fingerprint density at radius 3 is 2.95 bits per heavy atom. The lowest BCUT2D eigenvalue weighted by molar-refractivity contribution is -0.310. The summed E-state index contributed by atoms with van der Waals surface area (Å²) in [4.78, 5) is 24.0. The molecule has 1 saturated heterocycles. The highest BCUT2D eigenvalue weighted by Crippen LogP contribution is 2.28. The molecule has 2 rings (SSSR count). The molecule has 1 aliphatic rings. The summed E-state index contributed by atoms with van der Waals surface area (Å²) in [6, 6.07) is 1.37. The van der Waals surface area contributed by atoms with Crippen LogP contribution < -0.4 is 11.4 Å². The first-order valence-corrected chi connectivity index (χ1v) is 5.65. The smallest absolute Gasteiger partial charge is 0.351 e. The topological polar surface area (TPSA) is 141 Å². The summed E-state index contributed by atoms with van der Waals surface area (Å²) in [5.74, 6) is 0.0459. The normalized spacial score (nSPS) is 29.3. The Balaban J connectivity index is 2.13. The van der Waals surface area contributed by atoms with Crippen LogP contribution in [-0.4, -0.2) is 51.4 Å². The van der Waals surface area contributed by atoms with Crippen LogP contribution in [0.2, 0.25) is 0 Å². The predicted octanol–water partition coefficient (Wildman–Crippen LogP) is -1.99. The predicted molar refractivity (Wildman–Crippen MR) is 65.4 cm³/mol. The lowest BCUT2D eigenvalue weighted by atomic mass is 10.1. The fourth-order valence-corrected chi connectivity index (χ4v) is 1.85. The Morgan fingerprint density at radius 2 is 2.30 bits per heavy atom. The summed E-state index contributed by atoms with van der Waals surface area (Å²) < 4.78 is 6.38. The zero-order chi connectivity index (χ0) is 14.7. The number of oxime groups is 1. The fourth-order valence-electron chi connectivity index (χ4n) is 1.85. The largest absolute Gasteiger partial charge is 0.387 e. The van der Waals surface area contributed by atoms with Gasteiger partial charge in [0.2, 0.25) is 0 Å². The Hall–Kier alpha value is -2.01. The van der Waals surface area contributed by atoms with Crippen LogP contribution in [0.5, 0.6) is 0 Å². The van der Waals surface area contributed by atoms with Crippen LogP contribution in [0.15, 0.2) is 22.2 Å². The second-order valence-corrected chi connectivity index (χ2v) is 4.08. The third kappa shape index (κ3) is 2.77. The van der Waals surface area contributed by atoms with Crippen molar-refractivity contribution in [1.82, 2.24) is 9.55 Å². The van der Waals surface area contributed by atoms with Crippen molar-refractivity contribution in [3.8, 4) is 0 Å². The summed E-state index contributed by atoms with van der Waals surface area (Å²) in [7, 11) is 0. The van der Waals surface area contributed by atoms with E-state index in [4.69, 9.17) is 10.5 Å². The number of aromatic nitrogens is 2. The van der Waals surface area contributed by atoms with E-state index >= 15 is 0 Å².